The van der Waals surface area contributed by atoms with Crippen LogP contribution in [-0.4, -0.2) is 0 Å². The molecule has 294 valence electrons. The van der Waals surface area contributed by atoms with Gasteiger partial charge in [0.2, 0.25) is 0 Å². The fourth-order valence-electron chi connectivity index (χ4n) is 9.81. The molecule has 11 rings (SSSR count). The van der Waals surface area contributed by atoms with E-state index in [1.165, 1.54) is 83.1 Å². The summed E-state index contributed by atoms with van der Waals surface area (Å²) in [5.74, 6) is 0. The van der Waals surface area contributed by atoms with Crippen LogP contribution >= 0.6 is 0 Å². The Bertz CT molecular complexity index is 3230. The maximum Gasteiger partial charge on any atom is 0.0546 e. The first-order valence-electron chi connectivity index (χ1n) is 21.6. The molecule has 10 aromatic carbocycles. The number of fused-ring (bicyclic) bond motifs is 4. The Balaban J connectivity index is 1.19. The van der Waals surface area contributed by atoms with Crippen molar-refractivity contribution in [3.63, 3.8) is 0 Å². The molecule has 1 heteroatoms. The molecule has 1 nitrogen and oxygen atoms in total. The van der Waals surface area contributed by atoms with E-state index in [1.54, 1.807) is 0 Å². The minimum atomic E-state index is -0.125. The van der Waals surface area contributed by atoms with Crippen molar-refractivity contribution >= 4 is 27.8 Å². The van der Waals surface area contributed by atoms with Gasteiger partial charge in [-0.2, -0.15) is 0 Å². The van der Waals surface area contributed by atoms with E-state index < -0.39 is 0 Å². The number of benzene rings is 10. The molecule has 10 aromatic rings. The summed E-state index contributed by atoms with van der Waals surface area (Å²) in [5, 5.41) is 2.39. The fraction of sp³-hybridized carbons (Fsp3) is 0.0492. The van der Waals surface area contributed by atoms with E-state index in [0.717, 1.165) is 22.6 Å². The van der Waals surface area contributed by atoms with Gasteiger partial charge in [0.15, 0.2) is 0 Å². The first-order chi connectivity index (χ1) is 30.5. The van der Waals surface area contributed by atoms with Gasteiger partial charge >= 0.3 is 0 Å². The predicted molar refractivity (Wildman–Crippen MR) is 263 cm³/mol. The normalized spacial score (nSPS) is 12.5. The van der Waals surface area contributed by atoms with Gasteiger partial charge in [0.05, 0.1) is 11.4 Å². The zero-order valence-corrected chi connectivity index (χ0v) is 35.0. The van der Waals surface area contributed by atoms with Crippen LogP contribution in [0, 0.1) is 0 Å². The lowest BCUT2D eigenvalue weighted by atomic mass is 9.81. The zero-order chi connectivity index (χ0) is 41.6. The fourth-order valence-corrected chi connectivity index (χ4v) is 9.81. The molecule has 0 heterocycles. The standard InChI is InChI=1S/C61H45N/c1-61(2)56-29-15-14-27-53(56)54-38-36-48(40-57(54)61)52-28-17-31-59(60(52)47-34-32-43(33-35-47)42-18-6-3-7-19-42)62(58-30-16-25-45-24-12-13-26-51(45)58)49-37-39-50(44-20-8-4-9-21-44)55(41-49)46-22-10-5-11-23-46/h3-41H,1-2H3. The van der Waals surface area contributed by atoms with Gasteiger partial charge in [0, 0.05) is 22.1 Å². The van der Waals surface area contributed by atoms with Crippen molar-refractivity contribution in [1.29, 1.82) is 0 Å². The summed E-state index contributed by atoms with van der Waals surface area (Å²) < 4.78 is 0. The molecule has 0 N–H and O–H groups in total. The summed E-state index contributed by atoms with van der Waals surface area (Å²) in [5.41, 5.74) is 20.5. The number of hydrogen-bond acceptors (Lipinski definition) is 1. The van der Waals surface area contributed by atoms with Gasteiger partial charge < -0.3 is 4.90 Å². The molecular formula is C61H45N. The predicted octanol–water partition coefficient (Wildman–Crippen LogP) is 17.0. The maximum absolute atomic E-state index is 2.50. The summed E-state index contributed by atoms with van der Waals surface area (Å²) in [6, 6.07) is 86.8. The molecule has 1 aliphatic rings. The smallest absolute Gasteiger partial charge is 0.0546 e. The minimum Gasteiger partial charge on any atom is -0.309 e. The van der Waals surface area contributed by atoms with E-state index >= 15 is 0 Å². The Morgan fingerprint density at radius 3 is 1.58 bits per heavy atom. The highest BCUT2D eigenvalue weighted by atomic mass is 15.1. The molecule has 0 amide bonds. The molecule has 0 radical (unpaired) electrons. The molecule has 1 aliphatic carbocycles. The lowest BCUT2D eigenvalue weighted by Gasteiger charge is -2.31. The van der Waals surface area contributed by atoms with Gasteiger partial charge in [0.25, 0.3) is 0 Å². The van der Waals surface area contributed by atoms with Crippen LogP contribution in [0.1, 0.15) is 25.0 Å². The Morgan fingerprint density at radius 2 is 0.823 bits per heavy atom. The first kappa shape index (κ1) is 37.3. The highest BCUT2D eigenvalue weighted by molar-refractivity contribution is 6.04. The number of rotatable bonds is 8. The van der Waals surface area contributed by atoms with Crippen LogP contribution in [0.4, 0.5) is 17.1 Å². The quantitative estimate of drug-likeness (QED) is 0.148. The van der Waals surface area contributed by atoms with Crippen molar-refractivity contribution in [2.45, 2.75) is 19.3 Å². The molecule has 0 saturated carbocycles. The summed E-state index contributed by atoms with van der Waals surface area (Å²) >= 11 is 0. The van der Waals surface area contributed by atoms with Gasteiger partial charge in [0.1, 0.15) is 0 Å². The molecule has 0 aromatic heterocycles. The van der Waals surface area contributed by atoms with E-state index in [4.69, 9.17) is 0 Å². The second-order valence-corrected chi connectivity index (χ2v) is 16.9. The van der Waals surface area contributed by atoms with E-state index in [0.29, 0.717) is 0 Å². The van der Waals surface area contributed by atoms with Gasteiger partial charge in [-0.15, -0.1) is 0 Å². The van der Waals surface area contributed by atoms with Crippen LogP contribution in [0.25, 0.3) is 77.5 Å². The van der Waals surface area contributed by atoms with E-state index in [2.05, 4.69) is 255 Å². The van der Waals surface area contributed by atoms with Gasteiger partial charge in [-0.25, -0.2) is 0 Å². The second kappa shape index (κ2) is 15.4. The first-order valence-corrected chi connectivity index (χ1v) is 21.6. The Labute approximate surface area is 364 Å². The Kier molecular flexibility index (Phi) is 9.24. The highest BCUT2D eigenvalue weighted by Crippen LogP contribution is 2.52. The summed E-state index contributed by atoms with van der Waals surface area (Å²) in [6.07, 6.45) is 0. The molecule has 0 bridgehead atoms. The number of anilines is 3. The van der Waals surface area contributed by atoms with Crippen LogP contribution in [0.3, 0.4) is 0 Å². The largest absolute Gasteiger partial charge is 0.309 e. The van der Waals surface area contributed by atoms with Crippen molar-refractivity contribution in [2.75, 3.05) is 4.90 Å². The Hall–Kier alpha value is -7.74. The molecule has 0 unspecified atom stereocenters. The minimum absolute atomic E-state index is 0.125. The van der Waals surface area contributed by atoms with E-state index in [1.807, 2.05) is 0 Å². The van der Waals surface area contributed by atoms with Crippen molar-refractivity contribution < 1.29 is 0 Å². The van der Waals surface area contributed by atoms with Gasteiger partial charge in [-0.05, 0) is 108 Å². The molecule has 0 saturated heterocycles. The average Bonchev–Trinajstić information content (AvgIpc) is 3.57. The number of hydrogen-bond donors (Lipinski definition) is 0. The SMILES string of the molecule is CC1(C)c2ccccc2-c2ccc(-c3cccc(N(c4ccc(-c5ccccc5)c(-c5ccccc5)c4)c4cccc5ccccc45)c3-c3ccc(-c4ccccc4)cc3)cc21. The van der Waals surface area contributed by atoms with Crippen molar-refractivity contribution in [1.82, 2.24) is 0 Å². The monoisotopic (exact) mass is 791 g/mol. The van der Waals surface area contributed by atoms with Crippen molar-refractivity contribution in [3.8, 4) is 66.8 Å². The van der Waals surface area contributed by atoms with Crippen LogP contribution < -0.4 is 4.90 Å². The van der Waals surface area contributed by atoms with E-state index in [9.17, 15) is 0 Å². The van der Waals surface area contributed by atoms with Crippen LogP contribution in [0.5, 0.6) is 0 Å². The van der Waals surface area contributed by atoms with Crippen molar-refractivity contribution in [3.05, 3.63) is 248 Å². The van der Waals surface area contributed by atoms with Crippen molar-refractivity contribution in [2.24, 2.45) is 0 Å². The van der Waals surface area contributed by atoms with E-state index in [-0.39, 0.29) is 5.41 Å². The zero-order valence-electron chi connectivity index (χ0n) is 35.0. The number of nitrogens with zero attached hydrogens (tertiary/aromatic N) is 1. The third-order valence-corrected chi connectivity index (χ3v) is 12.9. The Morgan fingerprint density at radius 1 is 0.306 bits per heavy atom. The molecule has 0 spiro atoms. The van der Waals surface area contributed by atoms with Crippen LogP contribution in [0.2, 0.25) is 0 Å². The lowest BCUT2D eigenvalue weighted by Crippen LogP contribution is -2.15. The molecule has 62 heavy (non-hydrogen) atoms. The summed E-state index contributed by atoms with van der Waals surface area (Å²) in [6.45, 7) is 4.74. The third-order valence-electron chi connectivity index (χ3n) is 12.9. The lowest BCUT2D eigenvalue weighted by molar-refractivity contribution is 0.660. The van der Waals surface area contributed by atoms with Crippen LogP contribution in [0.15, 0.2) is 237 Å². The third kappa shape index (κ3) is 6.42. The second-order valence-electron chi connectivity index (χ2n) is 16.9. The van der Waals surface area contributed by atoms with Gasteiger partial charge in [-0.3, -0.25) is 0 Å². The molecular weight excluding hydrogens is 747 g/mol. The summed E-state index contributed by atoms with van der Waals surface area (Å²) in [4.78, 5) is 2.50. The average molecular weight is 792 g/mol. The molecule has 0 aliphatic heterocycles. The molecule has 0 fully saturated rings. The van der Waals surface area contributed by atoms with Gasteiger partial charge in [-0.1, -0.05) is 220 Å². The topological polar surface area (TPSA) is 3.24 Å². The summed E-state index contributed by atoms with van der Waals surface area (Å²) in [7, 11) is 0. The molecule has 0 atom stereocenters. The highest BCUT2D eigenvalue weighted by Gasteiger charge is 2.35. The maximum atomic E-state index is 2.50. The van der Waals surface area contributed by atoms with Crippen LogP contribution in [-0.2, 0) is 5.41 Å².